The Morgan fingerprint density at radius 1 is 0.879 bits per heavy atom. The van der Waals surface area contributed by atoms with Crippen molar-refractivity contribution in [2.75, 3.05) is 13.2 Å². The van der Waals surface area contributed by atoms with Gasteiger partial charge in [-0.2, -0.15) is 0 Å². The fourth-order valence-corrected chi connectivity index (χ4v) is 3.97. The van der Waals surface area contributed by atoms with Crippen molar-refractivity contribution in [2.24, 2.45) is 11.8 Å². The van der Waals surface area contributed by atoms with Crippen LogP contribution in [0.2, 0.25) is 0 Å². The molecule has 1 aliphatic carbocycles. The maximum absolute atomic E-state index is 12.9. The largest absolute Gasteiger partial charge is 0.465 e. The van der Waals surface area contributed by atoms with Gasteiger partial charge in [-0.15, -0.1) is 0 Å². The molecule has 3 rings (SSSR count). The van der Waals surface area contributed by atoms with E-state index < -0.39 is 23.8 Å². The van der Waals surface area contributed by atoms with Crippen LogP contribution in [-0.2, 0) is 43.2 Å². The first-order valence-corrected chi connectivity index (χ1v) is 11.8. The number of benzene rings is 1. The fourth-order valence-electron chi connectivity index (χ4n) is 3.97. The first-order chi connectivity index (χ1) is 16.0. The Hall–Kier alpha value is -3.09. The van der Waals surface area contributed by atoms with E-state index in [1.54, 1.807) is 6.20 Å². The number of aromatic nitrogens is 1. The summed E-state index contributed by atoms with van der Waals surface area (Å²) in [5, 5.41) is 0. The van der Waals surface area contributed by atoms with Gasteiger partial charge in [0.15, 0.2) is 0 Å². The summed E-state index contributed by atoms with van der Waals surface area (Å²) in [6, 6.07) is 9.43. The topological polar surface area (TPSA) is 94.7 Å². The number of nitrogens with one attached hydrogen (secondary N) is 1. The Balaban J connectivity index is 1.75. The third kappa shape index (κ3) is 6.46. The van der Waals surface area contributed by atoms with Gasteiger partial charge < -0.3 is 19.2 Å². The highest BCUT2D eigenvalue weighted by atomic mass is 16.5. The van der Waals surface area contributed by atoms with Gasteiger partial charge in [-0.05, 0) is 42.4 Å². The smallest absolute Gasteiger partial charge is 0.355 e. The Bertz CT molecular complexity index is 936. The number of unbranched alkanes of at least 4 members (excludes halogenated alkanes) is 2. The molecule has 0 spiro atoms. The van der Waals surface area contributed by atoms with Crippen LogP contribution >= 0.6 is 0 Å². The van der Waals surface area contributed by atoms with Crippen LogP contribution in [0.3, 0.4) is 0 Å². The first-order valence-electron chi connectivity index (χ1n) is 11.8. The Morgan fingerprint density at radius 3 is 2.09 bits per heavy atom. The van der Waals surface area contributed by atoms with E-state index in [2.05, 4.69) is 4.98 Å². The predicted octanol–water partition coefficient (Wildman–Crippen LogP) is 4.39. The summed E-state index contributed by atoms with van der Waals surface area (Å²) in [6.45, 7) is 4.84. The minimum Gasteiger partial charge on any atom is -0.465 e. The molecule has 2 unspecified atom stereocenters. The second-order valence-electron chi connectivity index (χ2n) is 8.39. The van der Waals surface area contributed by atoms with Crippen LogP contribution in [0.1, 0.15) is 66.7 Å². The summed E-state index contributed by atoms with van der Waals surface area (Å²) in [4.78, 5) is 41.4. The number of fused-ring (bicyclic) bond motifs is 1. The molecule has 2 atom stereocenters. The van der Waals surface area contributed by atoms with Crippen LogP contribution < -0.4 is 0 Å². The molecule has 0 saturated carbocycles. The normalized spacial score (nSPS) is 17.2. The first kappa shape index (κ1) is 24.6. The van der Waals surface area contributed by atoms with Crippen molar-refractivity contribution in [1.29, 1.82) is 0 Å². The maximum atomic E-state index is 12.9. The van der Waals surface area contributed by atoms with E-state index in [0.717, 1.165) is 36.8 Å². The van der Waals surface area contributed by atoms with Crippen LogP contribution in [0.15, 0.2) is 36.5 Å². The van der Waals surface area contributed by atoms with Crippen molar-refractivity contribution in [2.45, 2.75) is 59.0 Å². The van der Waals surface area contributed by atoms with E-state index in [0.29, 0.717) is 30.9 Å². The van der Waals surface area contributed by atoms with E-state index in [9.17, 15) is 14.4 Å². The molecule has 0 amide bonds. The number of ether oxygens (including phenoxy) is 3. The van der Waals surface area contributed by atoms with E-state index in [1.807, 2.05) is 44.2 Å². The van der Waals surface area contributed by atoms with Crippen LogP contribution in [0.5, 0.6) is 0 Å². The van der Waals surface area contributed by atoms with Gasteiger partial charge in [0.05, 0.1) is 25.0 Å². The van der Waals surface area contributed by atoms with Gasteiger partial charge >= 0.3 is 17.9 Å². The van der Waals surface area contributed by atoms with Crippen LogP contribution in [-0.4, -0.2) is 36.1 Å². The molecule has 1 aliphatic rings. The SMILES string of the molecule is CCCCOC(=O)C1Cc2c[nH]c(C(=O)OCc3ccccc3)c2CC1C(=O)OCCCC. The van der Waals surface area contributed by atoms with Crippen LogP contribution in [0.25, 0.3) is 0 Å². The molecule has 0 bridgehead atoms. The molecule has 7 nitrogen and oxygen atoms in total. The zero-order chi connectivity index (χ0) is 23.6. The third-order valence-electron chi connectivity index (χ3n) is 5.94. The molecular weight excluding hydrogens is 422 g/mol. The number of carbonyl (C=O) groups is 3. The van der Waals surface area contributed by atoms with Gasteiger partial charge in [0.1, 0.15) is 12.3 Å². The minimum atomic E-state index is -0.694. The summed E-state index contributed by atoms with van der Waals surface area (Å²) >= 11 is 0. The Labute approximate surface area is 194 Å². The highest BCUT2D eigenvalue weighted by Gasteiger charge is 2.42. The summed E-state index contributed by atoms with van der Waals surface area (Å²) < 4.78 is 16.4. The number of carbonyl (C=O) groups excluding carboxylic acids is 3. The molecule has 7 heteroatoms. The maximum Gasteiger partial charge on any atom is 0.355 e. The molecule has 2 aromatic rings. The van der Waals surface area contributed by atoms with Crippen molar-refractivity contribution >= 4 is 17.9 Å². The summed E-state index contributed by atoms with van der Waals surface area (Å²) in [5.41, 5.74) is 2.75. The summed E-state index contributed by atoms with van der Waals surface area (Å²) in [6.07, 6.45) is 5.62. The van der Waals surface area contributed by atoms with E-state index in [-0.39, 0.29) is 19.0 Å². The van der Waals surface area contributed by atoms with Gasteiger partial charge in [-0.25, -0.2) is 4.79 Å². The number of esters is 3. The summed E-state index contributed by atoms with van der Waals surface area (Å²) in [7, 11) is 0. The molecule has 1 heterocycles. The Morgan fingerprint density at radius 2 is 1.48 bits per heavy atom. The molecule has 1 aromatic carbocycles. The third-order valence-corrected chi connectivity index (χ3v) is 5.94. The second-order valence-corrected chi connectivity index (χ2v) is 8.39. The second kappa shape index (κ2) is 12.2. The van der Waals surface area contributed by atoms with E-state index in [1.165, 1.54) is 0 Å². The lowest BCUT2D eigenvalue weighted by atomic mass is 9.76. The average Bonchev–Trinajstić information content (AvgIpc) is 3.25. The zero-order valence-corrected chi connectivity index (χ0v) is 19.4. The van der Waals surface area contributed by atoms with E-state index >= 15 is 0 Å². The van der Waals surface area contributed by atoms with Gasteiger partial charge in [-0.1, -0.05) is 57.0 Å². The van der Waals surface area contributed by atoms with Gasteiger partial charge in [0.25, 0.3) is 0 Å². The van der Waals surface area contributed by atoms with Gasteiger partial charge in [0, 0.05) is 6.20 Å². The number of H-pyrrole nitrogens is 1. The average molecular weight is 456 g/mol. The number of rotatable bonds is 11. The van der Waals surface area contributed by atoms with Crippen molar-refractivity contribution in [3.8, 4) is 0 Å². The van der Waals surface area contributed by atoms with Crippen molar-refractivity contribution in [3.05, 3.63) is 58.9 Å². The highest BCUT2D eigenvalue weighted by molar-refractivity contribution is 5.91. The molecule has 0 radical (unpaired) electrons. The number of hydrogen-bond acceptors (Lipinski definition) is 6. The molecule has 1 aromatic heterocycles. The van der Waals surface area contributed by atoms with Crippen LogP contribution in [0, 0.1) is 11.8 Å². The van der Waals surface area contributed by atoms with E-state index in [4.69, 9.17) is 14.2 Å². The molecule has 0 fully saturated rings. The lowest BCUT2D eigenvalue weighted by Gasteiger charge is -2.29. The zero-order valence-electron chi connectivity index (χ0n) is 19.4. The monoisotopic (exact) mass is 455 g/mol. The molecule has 0 saturated heterocycles. The minimum absolute atomic E-state index is 0.155. The number of hydrogen-bond donors (Lipinski definition) is 1. The van der Waals surface area contributed by atoms with Gasteiger partial charge in [-0.3, -0.25) is 9.59 Å². The fraction of sp³-hybridized carbons (Fsp3) is 0.500. The molecular formula is C26H33NO6. The van der Waals surface area contributed by atoms with Crippen molar-refractivity contribution in [3.63, 3.8) is 0 Å². The predicted molar refractivity (Wildman–Crippen MR) is 122 cm³/mol. The van der Waals surface area contributed by atoms with Crippen LogP contribution in [0.4, 0.5) is 0 Å². The highest BCUT2D eigenvalue weighted by Crippen LogP contribution is 2.34. The quantitative estimate of drug-likeness (QED) is 0.307. The summed E-state index contributed by atoms with van der Waals surface area (Å²) in [5.74, 6) is -2.62. The standard InChI is InChI=1S/C26H33NO6/c1-3-5-12-31-24(28)21-14-19-16-27-23(26(30)33-17-18-10-8-7-9-11-18)20(19)15-22(21)25(29)32-13-6-4-2/h7-11,16,21-22,27H,3-6,12-15,17H2,1-2H3. The lowest BCUT2D eigenvalue weighted by molar-refractivity contribution is -0.161. The lowest BCUT2D eigenvalue weighted by Crippen LogP contribution is -2.39. The molecule has 33 heavy (non-hydrogen) atoms. The molecule has 1 N–H and O–H groups in total. The Kier molecular flexibility index (Phi) is 9.10. The van der Waals surface area contributed by atoms with Crippen molar-refractivity contribution in [1.82, 2.24) is 4.98 Å². The number of aromatic amines is 1. The van der Waals surface area contributed by atoms with Gasteiger partial charge in [0.2, 0.25) is 0 Å². The van der Waals surface area contributed by atoms with Crippen molar-refractivity contribution < 1.29 is 28.6 Å². The molecule has 178 valence electrons. The molecule has 0 aliphatic heterocycles.